The molecule has 0 spiro atoms. The number of fused-ring (bicyclic) bond motifs is 3. The van der Waals surface area contributed by atoms with Crippen LogP contribution >= 0.6 is 0 Å². The zero-order chi connectivity index (χ0) is 38.7. The number of likely N-dealkylation sites (tertiary alicyclic amines) is 1. The lowest BCUT2D eigenvalue weighted by atomic mass is 9.97. The number of amides is 4. The molecule has 13 heteroatoms. The lowest BCUT2D eigenvalue weighted by Gasteiger charge is -2.28. The summed E-state index contributed by atoms with van der Waals surface area (Å²) in [5.74, 6) is 0.149. The van der Waals surface area contributed by atoms with Crippen LogP contribution in [-0.4, -0.2) is 88.3 Å². The van der Waals surface area contributed by atoms with E-state index >= 15 is 0 Å². The van der Waals surface area contributed by atoms with Gasteiger partial charge in [0.1, 0.15) is 23.5 Å². The second kappa shape index (κ2) is 16.0. The molecule has 2 fully saturated rings. The Hall–Kier alpha value is -5.69. The third-order valence-electron chi connectivity index (χ3n) is 10.3. The van der Waals surface area contributed by atoms with Gasteiger partial charge in [-0.05, 0) is 99.0 Å². The summed E-state index contributed by atoms with van der Waals surface area (Å²) in [6.07, 6.45) is 7.65. The number of carbonyl (C=O) groups is 4. The van der Waals surface area contributed by atoms with Crippen LogP contribution in [0.1, 0.15) is 70.3 Å². The smallest absolute Gasteiger partial charge is 0.410 e. The van der Waals surface area contributed by atoms with Crippen molar-refractivity contribution in [1.29, 1.82) is 0 Å². The van der Waals surface area contributed by atoms with Crippen molar-refractivity contribution in [3.8, 4) is 22.4 Å². The highest BCUT2D eigenvalue weighted by atomic mass is 16.6. The number of methoxy groups -OCH3 is 1. The van der Waals surface area contributed by atoms with Gasteiger partial charge >= 0.3 is 12.2 Å². The predicted octanol–water partition coefficient (Wildman–Crippen LogP) is 7.10. The van der Waals surface area contributed by atoms with Crippen molar-refractivity contribution in [2.75, 3.05) is 32.1 Å². The summed E-state index contributed by atoms with van der Waals surface area (Å²) < 4.78 is 16.4. The summed E-state index contributed by atoms with van der Waals surface area (Å²) in [5, 5.41) is 7.79. The Kier molecular flexibility index (Phi) is 10.9. The number of hydrogen-bond acceptors (Lipinski definition) is 8. The number of rotatable bonds is 4. The quantitative estimate of drug-likeness (QED) is 0.187. The number of benzene rings is 3. The Labute approximate surface area is 320 Å². The lowest BCUT2D eigenvalue weighted by molar-refractivity contribution is -0.138. The van der Waals surface area contributed by atoms with Crippen LogP contribution in [0.15, 0.2) is 72.9 Å². The van der Waals surface area contributed by atoms with Crippen LogP contribution in [0.25, 0.3) is 33.2 Å². The molecule has 2 saturated heterocycles. The van der Waals surface area contributed by atoms with Crippen molar-refractivity contribution >= 4 is 40.5 Å². The Balaban J connectivity index is 1.09. The molecule has 3 aliphatic rings. The molecule has 1 aromatic heterocycles. The van der Waals surface area contributed by atoms with E-state index in [1.165, 1.54) is 7.11 Å². The number of aromatic amines is 1. The Morgan fingerprint density at radius 1 is 0.909 bits per heavy atom. The fraction of sp³-hybridized carbons (Fsp3) is 0.405. The summed E-state index contributed by atoms with van der Waals surface area (Å²) >= 11 is 0. The minimum atomic E-state index is -0.859. The standard InChI is InChI=1S/C42H48N6O7/c1-42(2,3)55-41(52)48-19-7-10-35(48)37-43-24-34(44-37)30-15-14-27-21-26(12-13-28(27)22-30)29-16-17-32-31(23-29)25-54-20-6-5-9-33(46-40(51)53-4)39(50)47-18-8-11-36(47)38(49)45-32/h5-6,12-17,21-24,33,35-36H,7-11,18-20,25H2,1-4H3,(H,43,44)(H,45,49)(H,46,51)/b6-5+/t33-,35-,36-/m0/s1. The highest BCUT2D eigenvalue weighted by Gasteiger charge is 2.38. The number of nitrogens with one attached hydrogen (secondary N) is 3. The second-order valence-electron chi connectivity index (χ2n) is 15.2. The number of hydrogen-bond donors (Lipinski definition) is 3. The van der Waals surface area contributed by atoms with E-state index in [1.54, 1.807) is 15.9 Å². The molecule has 3 aromatic carbocycles. The lowest BCUT2D eigenvalue weighted by Crippen LogP contribution is -2.52. The van der Waals surface area contributed by atoms with E-state index in [-0.39, 0.29) is 43.6 Å². The van der Waals surface area contributed by atoms with E-state index in [2.05, 4.69) is 52.0 Å². The molecular formula is C42H48N6O7. The number of anilines is 1. The molecule has 0 bridgehead atoms. The van der Waals surface area contributed by atoms with Gasteiger partial charge in [-0.3, -0.25) is 14.5 Å². The SMILES string of the molecule is COC(=O)N[C@H]1C/C=C/COCc2cc(-c3ccc4cc(-c5c[nH]c([C@@H]6CCCN6C(=O)OC(C)(C)C)n5)ccc4c3)ccc2NC(=O)[C@@H]2CCCN2C1=O. The highest BCUT2D eigenvalue weighted by Crippen LogP contribution is 2.35. The second-order valence-corrected chi connectivity index (χ2v) is 15.2. The molecule has 288 valence electrons. The first kappa shape index (κ1) is 37.6. The number of ether oxygens (including phenoxy) is 3. The van der Waals surface area contributed by atoms with Gasteiger partial charge in [-0.2, -0.15) is 0 Å². The maximum atomic E-state index is 13.6. The molecule has 4 aromatic rings. The van der Waals surface area contributed by atoms with Gasteiger partial charge in [-0.25, -0.2) is 14.6 Å². The van der Waals surface area contributed by atoms with Crippen LogP contribution in [0.3, 0.4) is 0 Å². The van der Waals surface area contributed by atoms with Crippen molar-refractivity contribution in [3.63, 3.8) is 0 Å². The molecule has 3 N–H and O–H groups in total. The third-order valence-corrected chi connectivity index (χ3v) is 10.3. The summed E-state index contributed by atoms with van der Waals surface area (Å²) in [6.45, 7) is 7.21. The first-order chi connectivity index (χ1) is 26.5. The van der Waals surface area contributed by atoms with E-state index in [4.69, 9.17) is 19.2 Å². The number of alkyl carbamates (subject to hydrolysis) is 1. The van der Waals surface area contributed by atoms with Crippen LogP contribution in [0.4, 0.5) is 15.3 Å². The van der Waals surface area contributed by atoms with Gasteiger partial charge in [0, 0.05) is 36.1 Å². The topological polar surface area (TPSA) is 155 Å². The molecule has 7 rings (SSSR count). The average molecular weight is 749 g/mol. The summed E-state index contributed by atoms with van der Waals surface area (Å²) in [6, 6.07) is 16.8. The van der Waals surface area contributed by atoms with Crippen molar-refractivity contribution in [1.82, 2.24) is 25.1 Å². The van der Waals surface area contributed by atoms with E-state index in [0.717, 1.165) is 57.4 Å². The van der Waals surface area contributed by atoms with E-state index in [9.17, 15) is 19.2 Å². The maximum Gasteiger partial charge on any atom is 0.410 e. The maximum absolute atomic E-state index is 13.6. The van der Waals surface area contributed by atoms with Crippen molar-refractivity contribution < 1.29 is 33.4 Å². The Morgan fingerprint density at radius 2 is 1.62 bits per heavy atom. The van der Waals surface area contributed by atoms with Crippen molar-refractivity contribution in [2.24, 2.45) is 0 Å². The van der Waals surface area contributed by atoms with E-state index in [0.29, 0.717) is 31.6 Å². The number of H-pyrrole nitrogens is 1. The molecule has 0 unspecified atom stereocenters. The minimum absolute atomic E-state index is 0.157. The fourth-order valence-electron chi connectivity index (χ4n) is 7.52. The number of nitrogens with zero attached hydrogens (tertiary/aromatic N) is 3. The summed E-state index contributed by atoms with van der Waals surface area (Å²) in [7, 11) is 1.25. The van der Waals surface area contributed by atoms with Gasteiger partial charge < -0.3 is 34.7 Å². The number of carbonyl (C=O) groups excluding carboxylic acids is 4. The van der Waals surface area contributed by atoms with Crippen LogP contribution in [-0.2, 0) is 30.4 Å². The molecule has 55 heavy (non-hydrogen) atoms. The van der Waals surface area contributed by atoms with Gasteiger partial charge in [0.15, 0.2) is 0 Å². The van der Waals surface area contributed by atoms with Gasteiger partial charge in [0.05, 0.1) is 32.1 Å². The zero-order valence-corrected chi connectivity index (χ0v) is 31.7. The molecule has 0 radical (unpaired) electrons. The van der Waals surface area contributed by atoms with E-state index < -0.39 is 23.8 Å². The largest absolute Gasteiger partial charge is 0.453 e. The van der Waals surface area contributed by atoms with Gasteiger partial charge in [-0.15, -0.1) is 0 Å². The molecule has 0 saturated carbocycles. The van der Waals surface area contributed by atoms with Gasteiger partial charge in [0.2, 0.25) is 11.8 Å². The first-order valence-electron chi connectivity index (χ1n) is 18.9. The van der Waals surface area contributed by atoms with E-state index in [1.807, 2.05) is 51.2 Å². The van der Waals surface area contributed by atoms with Crippen LogP contribution in [0.2, 0.25) is 0 Å². The zero-order valence-electron chi connectivity index (χ0n) is 31.7. The highest BCUT2D eigenvalue weighted by molar-refractivity contribution is 5.99. The Bertz CT molecular complexity index is 2120. The third kappa shape index (κ3) is 8.51. The summed E-state index contributed by atoms with van der Waals surface area (Å²) in [4.78, 5) is 63.6. The number of aromatic nitrogens is 2. The number of imidazole rings is 1. The van der Waals surface area contributed by atoms with Crippen LogP contribution < -0.4 is 10.6 Å². The van der Waals surface area contributed by atoms with Gasteiger partial charge in [-0.1, -0.05) is 42.5 Å². The molecule has 4 amide bonds. The van der Waals surface area contributed by atoms with Gasteiger partial charge in [0.25, 0.3) is 0 Å². The van der Waals surface area contributed by atoms with Crippen LogP contribution in [0.5, 0.6) is 0 Å². The monoisotopic (exact) mass is 748 g/mol. The Morgan fingerprint density at radius 3 is 2.40 bits per heavy atom. The molecule has 0 aliphatic carbocycles. The molecule has 3 atom stereocenters. The first-order valence-corrected chi connectivity index (χ1v) is 18.9. The molecule has 3 aliphatic heterocycles. The molecule has 4 heterocycles. The normalized spacial score (nSPS) is 21.3. The minimum Gasteiger partial charge on any atom is -0.453 e. The van der Waals surface area contributed by atoms with Crippen molar-refractivity contribution in [2.45, 2.75) is 83.2 Å². The van der Waals surface area contributed by atoms with Crippen molar-refractivity contribution in [3.05, 3.63) is 84.3 Å². The molecule has 13 nitrogen and oxygen atoms in total. The predicted molar refractivity (Wildman–Crippen MR) is 208 cm³/mol. The summed E-state index contributed by atoms with van der Waals surface area (Å²) in [5.41, 5.74) is 4.62. The molecular weight excluding hydrogens is 700 g/mol. The fourth-order valence-corrected chi connectivity index (χ4v) is 7.52. The average Bonchev–Trinajstić information content (AvgIpc) is 3.96. The van der Waals surface area contributed by atoms with Crippen LogP contribution in [0, 0.1) is 0 Å².